The first-order valence-electron chi connectivity index (χ1n) is 9.34. The van der Waals surface area contributed by atoms with Gasteiger partial charge in [-0.1, -0.05) is 24.3 Å². The van der Waals surface area contributed by atoms with E-state index in [9.17, 15) is 19.1 Å². The van der Waals surface area contributed by atoms with E-state index in [0.717, 1.165) is 0 Å². The molecule has 0 radical (unpaired) electrons. The van der Waals surface area contributed by atoms with Crippen LogP contribution in [-0.2, 0) is 17.8 Å². The third kappa shape index (κ3) is 4.55. The number of anilines is 1. The number of nitrogens with one attached hydrogen (secondary N) is 1. The Balaban J connectivity index is 2.04. The van der Waals surface area contributed by atoms with E-state index in [2.05, 4.69) is 10.3 Å². The van der Waals surface area contributed by atoms with Gasteiger partial charge in [-0.3, -0.25) is 14.2 Å². The second kappa shape index (κ2) is 9.32. The van der Waals surface area contributed by atoms with Gasteiger partial charge in [0.05, 0.1) is 12.8 Å². The average Bonchev–Trinajstić information content (AvgIpc) is 2.73. The van der Waals surface area contributed by atoms with Gasteiger partial charge in [-0.15, -0.1) is 0 Å². The third-order valence-corrected chi connectivity index (χ3v) is 4.60. The number of nitrogens with zero attached hydrogens (tertiary/aromatic N) is 2. The van der Waals surface area contributed by atoms with Crippen molar-refractivity contribution >= 4 is 11.6 Å². The minimum Gasteiger partial charge on any atom is -0.495 e. The van der Waals surface area contributed by atoms with E-state index in [1.54, 1.807) is 37.3 Å². The van der Waals surface area contributed by atoms with Gasteiger partial charge in [-0.05, 0) is 31.2 Å². The smallest absolute Gasteiger partial charge is 0.257 e. The second-order valence-corrected chi connectivity index (χ2v) is 6.62. The topological polar surface area (TPSA) is 93.4 Å². The molecule has 30 heavy (non-hydrogen) atoms. The molecular formula is C22H22FN3O4. The number of hydrogen-bond acceptors (Lipinski definition) is 5. The zero-order valence-electron chi connectivity index (χ0n) is 16.7. The highest BCUT2D eigenvalue weighted by Crippen LogP contribution is 2.23. The van der Waals surface area contributed by atoms with Crippen LogP contribution < -0.4 is 15.6 Å². The van der Waals surface area contributed by atoms with Crippen molar-refractivity contribution in [1.29, 1.82) is 0 Å². The minimum atomic E-state index is -0.483. The molecule has 2 aromatic carbocycles. The second-order valence-electron chi connectivity index (χ2n) is 6.62. The number of carbonyl (C=O) groups excluding carboxylic acids is 1. The third-order valence-electron chi connectivity index (χ3n) is 4.60. The number of methoxy groups -OCH3 is 1. The number of aromatic nitrogens is 2. The van der Waals surface area contributed by atoms with Crippen LogP contribution in [0.5, 0.6) is 5.75 Å². The van der Waals surface area contributed by atoms with Crippen LogP contribution in [0.15, 0.2) is 53.3 Å². The Morgan fingerprint density at radius 2 is 2.00 bits per heavy atom. The van der Waals surface area contributed by atoms with Crippen molar-refractivity contribution in [3.8, 4) is 17.1 Å². The predicted molar refractivity (Wildman–Crippen MR) is 111 cm³/mol. The number of amides is 1. The molecule has 1 aromatic heterocycles. The summed E-state index contributed by atoms with van der Waals surface area (Å²) in [7, 11) is 1.49. The Morgan fingerprint density at radius 1 is 1.23 bits per heavy atom. The van der Waals surface area contributed by atoms with Gasteiger partial charge in [0, 0.05) is 29.8 Å². The van der Waals surface area contributed by atoms with Crippen molar-refractivity contribution in [2.75, 3.05) is 19.0 Å². The number of aryl methyl sites for hydroxylation is 1. The average molecular weight is 411 g/mol. The van der Waals surface area contributed by atoms with Crippen LogP contribution >= 0.6 is 0 Å². The number of halogens is 1. The van der Waals surface area contributed by atoms with E-state index >= 15 is 0 Å². The van der Waals surface area contributed by atoms with E-state index in [1.807, 2.05) is 0 Å². The van der Waals surface area contributed by atoms with Crippen LogP contribution in [0.3, 0.4) is 0 Å². The fourth-order valence-electron chi connectivity index (χ4n) is 3.18. The Hall–Kier alpha value is -3.52. The van der Waals surface area contributed by atoms with Gasteiger partial charge in [0.2, 0.25) is 5.91 Å². The van der Waals surface area contributed by atoms with Crippen LogP contribution in [0.1, 0.15) is 11.3 Å². The maximum absolute atomic E-state index is 13.8. The predicted octanol–water partition coefficient (Wildman–Crippen LogP) is 2.54. The normalized spacial score (nSPS) is 10.7. The molecule has 0 saturated carbocycles. The lowest BCUT2D eigenvalue weighted by atomic mass is 10.1. The molecule has 3 aromatic rings. The number of aliphatic hydroxyl groups excluding tert-OH is 1. The molecule has 1 amide bonds. The van der Waals surface area contributed by atoms with Crippen molar-refractivity contribution in [1.82, 2.24) is 9.55 Å². The standard InChI is InChI=1S/C22H22FN3O4/c1-14-17(10-11-27)22(29)26(21(24-14)15-6-5-7-16(23)12-15)13-20(28)25-18-8-3-4-9-19(18)30-2/h3-9,12,27H,10-11,13H2,1-2H3,(H,25,28). The monoisotopic (exact) mass is 411 g/mol. The Bertz CT molecular complexity index is 1130. The first kappa shape index (κ1) is 21.2. The minimum absolute atomic E-state index is 0.106. The molecule has 0 saturated heterocycles. The zero-order valence-corrected chi connectivity index (χ0v) is 16.7. The molecular weight excluding hydrogens is 389 g/mol. The molecule has 3 rings (SSSR count). The van der Waals surface area contributed by atoms with Gasteiger partial charge >= 0.3 is 0 Å². The molecule has 0 unspecified atom stereocenters. The largest absolute Gasteiger partial charge is 0.495 e. The number of benzene rings is 2. The summed E-state index contributed by atoms with van der Waals surface area (Å²) in [6.07, 6.45) is 0.106. The van der Waals surface area contributed by atoms with E-state index in [-0.39, 0.29) is 25.4 Å². The highest BCUT2D eigenvalue weighted by molar-refractivity contribution is 5.92. The fraction of sp³-hybridized carbons (Fsp3) is 0.227. The molecule has 0 atom stereocenters. The van der Waals surface area contributed by atoms with Crippen LogP contribution in [0, 0.1) is 12.7 Å². The Labute approximate surface area is 172 Å². The van der Waals surface area contributed by atoms with Crippen molar-refractivity contribution in [3.05, 3.63) is 76.0 Å². The van der Waals surface area contributed by atoms with Crippen molar-refractivity contribution in [2.45, 2.75) is 19.9 Å². The van der Waals surface area contributed by atoms with Crippen LogP contribution in [0.2, 0.25) is 0 Å². The molecule has 0 aliphatic heterocycles. The van der Waals surface area contributed by atoms with E-state index in [0.29, 0.717) is 28.3 Å². The lowest BCUT2D eigenvalue weighted by molar-refractivity contribution is -0.116. The van der Waals surface area contributed by atoms with Crippen LogP contribution in [-0.4, -0.2) is 34.3 Å². The first-order chi connectivity index (χ1) is 14.4. The molecule has 0 fully saturated rings. The molecule has 0 aliphatic rings. The number of rotatable bonds is 7. The van der Waals surface area contributed by atoms with E-state index in [1.165, 1.54) is 29.9 Å². The maximum atomic E-state index is 13.8. The summed E-state index contributed by atoms with van der Waals surface area (Å²) in [5, 5.41) is 12.0. The van der Waals surface area contributed by atoms with Gasteiger partial charge in [-0.2, -0.15) is 0 Å². The van der Waals surface area contributed by atoms with Gasteiger partial charge in [0.1, 0.15) is 23.9 Å². The fourth-order valence-corrected chi connectivity index (χ4v) is 3.18. The zero-order chi connectivity index (χ0) is 21.7. The number of para-hydroxylation sites is 2. The molecule has 0 bridgehead atoms. The number of aliphatic hydroxyl groups is 1. The summed E-state index contributed by atoms with van der Waals surface area (Å²) in [5.41, 5.74) is 1.11. The van der Waals surface area contributed by atoms with Gasteiger partial charge in [0.25, 0.3) is 5.56 Å². The lowest BCUT2D eigenvalue weighted by Gasteiger charge is -2.16. The van der Waals surface area contributed by atoms with E-state index in [4.69, 9.17) is 4.74 Å². The number of carbonyl (C=O) groups is 1. The first-order valence-corrected chi connectivity index (χ1v) is 9.34. The van der Waals surface area contributed by atoms with Crippen molar-refractivity contribution in [2.24, 2.45) is 0 Å². The van der Waals surface area contributed by atoms with Crippen molar-refractivity contribution in [3.63, 3.8) is 0 Å². The summed E-state index contributed by atoms with van der Waals surface area (Å²) in [6.45, 7) is 1.08. The van der Waals surface area contributed by atoms with Crippen molar-refractivity contribution < 1.29 is 19.0 Å². The maximum Gasteiger partial charge on any atom is 0.257 e. The molecule has 156 valence electrons. The number of hydrogen-bond donors (Lipinski definition) is 2. The molecule has 2 N–H and O–H groups in total. The molecule has 0 spiro atoms. The Kier molecular flexibility index (Phi) is 6.58. The highest BCUT2D eigenvalue weighted by atomic mass is 19.1. The van der Waals surface area contributed by atoms with Crippen LogP contribution in [0.4, 0.5) is 10.1 Å². The summed E-state index contributed by atoms with van der Waals surface area (Å²) in [4.78, 5) is 30.3. The van der Waals surface area contributed by atoms with Gasteiger partial charge in [-0.25, -0.2) is 9.37 Å². The summed E-state index contributed by atoms with van der Waals surface area (Å²) < 4.78 is 20.2. The molecule has 0 aliphatic carbocycles. The van der Waals surface area contributed by atoms with Crippen LogP contribution in [0.25, 0.3) is 11.4 Å². The number of ether oxygens (including phenoxy) is 1. The SMILES string of the molecule is COc1ccccc1NC(=O)Cn1c(-c2cccc(F)c2)nc(C)c(CCO)c1=O. The molecule has 8 heteroatoms. The Morgan fingerprint density at radius 3 is 2.70 bits per heavy atom. The van der Waals surface area contributed by atoms with Gasteiger partial charge in [0.15, 0.2) is 0 Å². The summed E-state index contributed by atoms with van der Waals surface area (Å²) >= 11 is 0. The molecule has 7 nitrogen and oxygen atoms in total. The summed E-state index contributed by atoms with van der Waals surface area (Å²) in [5.74, 6) is -0.302. The summed E-state index contributed by atoms with van der Waals surface area (Å²) in [6, 6.07) is 12.6. The highest BCUT2D eigenvalue weighted by Gasteiger charge is 2.18. The quantitative estimate of drug-likeness (QED) is 0.623. The molecule has 1 heterocycles. The lowest BCUT2D eigenvalue weighted by Crippen LogP contribution is -2.33. The van der Waals surface area contributed by atoms with E-state index < -0.39 is 17.3 Å². The van der Waals surface area contributed by atoms with Gasteiger partial charge < -0.3 is 15.2 Å².